The fourth-order valence-corrected chi connectivity index (χ4v) is 5.00. The van der Waals surface area contributed by atoms with E-state index in [1.54, 1.807) is 0 Å². The van der Waals surface area contributed by atoms with Crippen molar-refractivity contribution in [2.75, 3.05) is 6.16 Å². The first-order chi connectivity index (χ1) is 15.2. The van der Waals surface area contributed by atoms with Crippen LogP contribution in [0, 0.1) is 0 Å². The van der Waals surface area contributed by atoms with Gasteiger partial charge in [-0.25, -0.2) is 0 Å². The Morgan fingerprint density at radius 2 is 0.971 bits per heavy atom. The largest absolute Gasteiger partial charge is 0.495 e. The van der Waals surface area contributed by atoms with E-state index in [1.165, 1.54) is 0 Å². The first-order valence-electron chi connectivity index (χ1n) is 12.2. The van der Waals surface area contributed by atoms with Crippen LogP contribution < -0.4 is 9.05 Å². The Hall–Kier alpha value is -1.71. The lowest BCUT2D eigenvalue weighted by atomic mass is 9.82. The normalized spacial score (nSPS) is 13.7. The predicted molar refractivity (Wildman–Crippen MR) is 144 cm³/mol. The predicted octanol–water partition coefficient (Wildman–Crippen LogP) is 7.90. The molecule has 2 heterocycles. The lowest BCUT2D eigenvalue weighted by Gasteiger charge is -2.31. The summed E-state index contributed by atoms with van der Waals surface area (Å²) in [5.41, 5.74) is 2.70. The highest BCUT2D eigenvalue weighted by atomic mass is 31.2. The molecule has 0 saturated carbocycles. The van der Waals surface area contributed by atoms with Gasteiger partial charge in [0.05, 0.1) is 11.4 Å². The average molecular weight is 490 g/mol. The second-order valence-electron chi connectivity index (χ2n) is 13.2. The number of aromatic nitrogens is 2. The first-order valence-corrected chi connectivity index (χ1v) is 14.0. The van der Waals surface area contributed by atoms with E-state index < -0.39 is 7.94 Å². The Bertz CT molecular complexity index is 864. The number of hydrogen-bond donors (Lipinski definition) is 1. The minimum absolute atomic E-state index is 0.196. The second-order valence-corrected chi connectivity index (χ2v) is 15.5. The van der Waals surface area contributed by atoms with Gasteiger partial charge < -0.3 is 0 Å². The highest BCUT2D eigenvalue weighted by Gasteiger charge is 2.47. The summed E-state index contributed by atoms with van der Waals surface area (Å²) in [7, 11) is -3.36. The zero-order chi connectivity index (χ0) is 26.3. The van der Waals surface area contributed by atoms with E-state index in [1.807, 2.05) is 31.5 Å². The smallest absolute Gasteiger partial charge is 0.276 e. The molecule has 0 fully saturated rings. The van der Waals surface area contributed by atoms with Gasteiger partial charge in [-0.1, -0.05) is 83.1 Å². The minimum atomic E-state index is -3.36. The third kappa shape index (κ3) is 6.49. The topological polar surface area (TPSA) is 64.5 Å². The van der Waals surface area contributed by atoms with Crippen LogP contribution in [0.3, 0.4) is 0 Å². The van der Waals surface area contributed by atoms with Crippen LogP contribution in [0.2, 0.25) is 0 Å². The summed E-state index contributed by atoms with van der Waals surface area (Å²) in [6, 6.07) is 3.96. The van der Waals surface area contributed by atoms with E-state index in [0.717, 1.165) is 22.5 Å². The van der Waals surface area contributed by atoms with Crippen LogP contribution >= 0.6 is 7.94 Å². The number of hydrogen-bond acceptors (Lipinski definition) is 5. The van der Waals surface area contributed by atoms with Crippen molar-refractivity contribution in [2.24, 2.45) is 0 Å². The maximum Gasteiger partial charge on any atom is 0.495 e. The fourth-order valence-electron chi connectivity index (χ4n) is 3.76. The molecule has 2 rings (SSSR count). The van der Waals surface area contributed by atoms with Crippen LogP contribution in [0.4, 0.5) is 0 Å². The van der Waals surface area contributed by atoms with Crippen LogP contribution in [-0.2, 0) is 21.7 Å². The highest BCUT2D eigenvalue weighted by Crippen LogP contribution is 2.60. The SMILES string of the molecule is CC[P+](O)(Oc1c(C(C)(C)C)ccnc1C(C)(C)C)Oc1c(C(C)(C)C)ccnc1C(C)(C)C. The summed E-state index contributed by atoms with van der Waals surface area (Å²) in [5.74, 6) is 1.25. The summed E-state index contributed by atoms with van der Waals surface area (Å²) in [6.45, 7) is 27.4. The van der Waals surface area contributed by atoms with Crippen molar-refractivity contribution in [3.8, 4) is 11.5 Å². The average Bonchev–Trinajstić information content (AvgIpc) is 2.64. The molecule has 0 bridgehead atoms. The molecule has 0 amide bonds. The quantitative estimate of drug-likeness (QED) is 0.433. The first kappa shape index (κ1) is 28.5. The van der Waals surface area contributed by atoms with Crippen LogP contribution in [0.5, 0.6) is 11.5 Å². The summed E-state index contributed by atoms with van der Waals surface area (Å²) in [4.78, 5) is 21.3. The van der Waals surface area contributed by atoms with Crippen molar-refractivity contribution in [1.29, 1.82) is 0 Å². The highest BCUT2D eigenvalue weighted by molar-refractivity contribution is 7.61. The molecule has 0 unspecified atom stereocenters. The van der Waals surface area contributed by atoms with Crippen molar-refractivity contribution in [1.82, 2.24) is 9.97 Å². The van der Waals surface area contributed by atoms with E-state index in [0.29, 0.717) is 17.7 Å². The monoisotopic (exact) mass is 489 g/mol. The van der Waals surface area contributed by atoms with E-state index in [9.17, 15) is 4.89 Å². The molecular weight excluding hydrogens is 443 g/mol. The Morgan fingerprint density at radius 1 is 0.647 bits per heavy atom. The van der Waals surface area contributed by atoms with Gasteiger partial charge >= 0.3 is 7.94 Å². The van der Waals surface area contributed by atoms with Crippen LogP contribution in [-0.4, -0.2) is 21.0 Å². The zero-order valence-electron chi connectivity index (χ0n) is 23.6. The zero-order valence-corrected chi connectivity index (χ0v) is 24.5. The molecule has 0 spiro atoms. The standard InChI is InChI=1S/C28H46N2O3P/c1-14-34(31,32-21-19(25(2,3)4)15-17-29-23(21)27(8,9)10)33-22-20(26(5,6)7)16-18-30-24(22)28(11,12)13/h15-18,31H,14H2,1-13H3/q+1. The van der Waals surface area contributed by atoms with Crippen molar-refractivity contribution in [3.63, 3.8) is 0 Å². The van der Waals surface area contributed by atoms with Gasteiger partial charge in [0.2, 0.25) is 11.5 Å². The third-order valence-corrected chi connectivity index (χ3v) is 7.45. The van der Waals surface area contributed by atoms with E-state index >= 15 is 0 Å². The molecule has 0 aliphatic rings. The van der Waals surface area contributed by atoms with E-state index in [2.05, 4.69) is 93.1 Å². The van der Waals surface area contributed by atoms with Crippen LogP contribution in [0.25, 0.3) is 0 Å². The lowest BCUT2D eigenvalue weighted by Crippen LogP contribution is -2.25. The Morgan fingerprint density at radius 3 is 1.21 bits per heavy atom. The molecule has 5 nitrogen and oxygen atoms in total. The molecule has 0 atom stereocenters. The molecule has 0 aliphatic heterocycles. The molecular formula is C28H46N2O3P+. The number of rotatable bonds is 5. The van der Waals surface area contributed by atoms with Gasteiger partial charge in [0.1, 0.15) is 0 Å². The molecule has 1 N–H and O–H groups in total. The van der Waals surface area contributed by atoms with Gasteiger partial charge in [-0.15, -0.1) is 0 Å². The van der Waals surface area contributed by atoms with E-state index in [-0.39, 0.29) is 21.7 Å². The molecule has 0 aliphatic carbocycles. The van der Waals surface area contributed by atoms with Crippen molar-refractivity contribution >= 4 is 7.94 Å². The van der Waals surface area contributed by atoms with Crippen molar-refractivity contribution < 1.29 is 13.9 Å². The molecule has 190 valence electrons. The Kier molecular flexibility index (Phi) is 7.88. The van der Waals surface area contributed by atoms with Gasteiger partial charge in [-0.05, 0) is 29.9 Å². The minimum Gasteiger partial charge on any atom is -0.276 e. The number of pyridine rings is 2. The van der Waals surface area contributed by atoms with Crippen LogP contribution in [0.15, 0.2) is 24.5 Å². The molecule has 0 saturated heterocycles. The second kappa shape index (κ2) is 9.39. The maximum absolute atomic E-state index is 11.9. The summed E-state index contributed by atoms with van der Waals surface area (Å²) in [5, 5.41) is 0. The van der Waals surface area contributed by atoms with Crippen LogP contribution in [0.1, 0.15) is 113 Å². The van der Waals surface area contributed by atoms with Gasteiger partial charge in [0, 0.05) is 34.4 Å². The molecule has 0 radical (unpaired) electrons. The Labute approximate surface area is 208 Å². The Balaban J connectivity index is 2.73. The number of nitrogens with zero attached hydrogens (tertiary/aromatic N) is 2. The van der Waals surface area contributed by atoms with Gasteiger partial charge in [-0.2, -0.15) is 4.89 Å². The van der Waals surface area contributed by atoms with Crippen molar-refractivity contribution in [3.05, 3.63) is 47.0 Å². The van der Waals surface area contributed by atoms with Gasteiger partial charge in [0.15, 0.2) is 6.16 Å². The fraction of sp³-hybridized carbons (Fsp3) is 0.643. The molecule has 2 aromatic heterocycles. The summed E-state index contributed by atoms with van der Waals surface area (Å²) >= 11 is 0. The maximum atomic E-state index is 11.9. The van der Waals surface area contributed by atoms with E-state index in [4.69, 9.17) is 9.05 Å². The summed E-state index contributed by atoms with van der Waals surface area (Å²) in [6.07, 6.45) is 3.99. The van der Waals surface area contributed by atoms with Gasteiger partial charge in [-0.3, -0.25) is 19.0 Å². The summed E-state index contributed by atoms with van der Waals surface area (Å²) < 4.78 is 13.1. The molecule has 2 aromatic rings. The third-order valence-electron chi connectivity index (χ3n) is 5.71. The van der Waals surface area contributed by atoms with Crippen molar-refractivity contribution in [2.45, 2.75) is 112 Å². The molecule has 0 aromatic carbocycles. The molecule has 6 heteroatoms. The molecule has 34 heavy (non-hydrogen) atoms. The lowest BCUT2D eigenvalue weighted by molar-refractivity contribution is 0.328. The van der Waals surface area contributed by atoms with Gasteiger partial charge in [0.25, 0.3) is 0 Å².